The summed E-state index contributed by atoms with van der Waals surface area (Å²) in [5, 5.41) is 0. The zero-order chi connectivity index (χ0) is 28.3. The smallest absolute Gasteiger partial charge is 0.247 e. The number of benzene rings is 2. The molecule has 2 rings (SSSR count). The highest BCUT2D eigenvalue weighted by molar-refractivity contribution is 6.10. The van der Waals surface area contributed by atoms with Crippen molar-refractivity contribution < 1.29 is 26.3 Å². The highest BCUT2D eigenvalue weighted by Crippen LogP contribution is 2.39. The van der Waals surface area contributed by atoms with Crippen molar-refractivity contribution in [2.75, 3.05) is 0 Å². The number of rotatable bonds is 8. The molecule has 0 bridgehead atoms. The zero-order valence-electron chi connectivity index (χ0n) is 22.6. The van der Waals surface area contributed by atoms with E-state index in [2.05, 4.69) is 9.98 Å². The summed E-state index contributed by atoms with van der Waals surface area (Å²) in [7, 11) is 0. The molecule has 0 heterocycles. The van der Waals surface area contributed by atoms with Crippen molar-refractivity contribution in [1.29, 1.82) is 0 Å². The first-order chi connectivity index (χ1) is 16.9. The third-order valence-corrected chi connectivity index (χ3v) is 6.17. The average Bonchev–Trinajstić information content (AvgIpc) is 2.75. The molecular weight excluding hydrogens is 490 g/mol. The van der Waals surface area contributed by atoms with E-state index in [-0.39, 0.29) is 35.0 Å². The molecule has 204 valence electrons. The molecule has 0 aliphatic heterocycles. The Morgan fingerprint density at radius 1 is 0.541 bits per heavy atom. The minimum atomic E-state index is -5.08. The summed E-state index contributed by atoms with van der Waals surface area (Å²) < 4.78 is 85.3. The lowest BCUT2D eigenvalue weighted by atomic mass is 9.92. The van der Waals surface area contributed by atoms with Gasteiger partial charge in [-0.05, 0) is 45.9 Å². The number of aliphatic imine (C=N–C) groups is 2. The van der Waals surface area contributed by atoms with E-state index in [1.165, 1.54) is 0 Å². The molecule has 0 atom stereocenters. The van der Waals surface area contributed by atoms with Crippen LogP contribution in [0.1, 0.15) is 108 Å². The van der Waals surface area contributed by atoms with Crippen molar-refractivity contribution in [3.8, 4) is 0 Å². The predicted molar refractivity (Wildman–Crippen MR) is 140 cm³/mol. The fourth-order valence-corrected chi connectivity index (χ4v) is 4.12. The highest BCUT2D eigenvalue weighted by atomic mass is 19.4. The maximum atomic E-state index is 14.2. The highest BCUT2D eigenvalue weighted by Gasteiger charge is 2.43. The van der Waals surface area contributed by atoms with Gasteiger partial charge in [-0.1, -0.05) is 91.8 Å². The Kier molecular flexibility index (Phi) is 9.77. The van der Waals surface area contributed by atoms with Crippen LogP contribution < -0.4 is 0 Å². The molecule has 0 fully saturated rings. The van der Waals surface area contributed by atoms with Crippen molar-refractivity contribution >= 4 is 22.8 Å². The molecule has 0 spiro atoms. The fraction of sp³-hybridized carbons (Fsp3) is 0.517. The first kappa shape index (κ1) is 30.6. The second-order valence-electron chi connectivity index (χ2n) is 10.5. The first-order valence-electron chi connectivity index (χ1n) is 12.5. The minimum absolute atomic E-state index is 0.0757. The van der Waals surface area contributed by atoms with Gasteiger partial charge in [-0.25, -0.2) is 9.98 Å². The second-order valence-corrected chi connectivity index (χ2v) is 10.5. The molecule has 8 heteroatoms. The average molecular weight is 527 g/mol. The number of halogens is 6. The van der Waals surface area contributed by atoms with Gasteiger partial charge in [0, 0.05) is 6.42 Å². The first-order valence-corrected chi connectivity index (χ1v) is 12.5. The Labute approximate surface area is 215 Å². The number of hydrogen-bond donors (Lipinski definition) is 0. The lowest BCUT2D eigenvalue weighted by molar-refractivity contribution is -0.0649. The number of nitrogens with zero attached hydrogens (tertiary/aromatic N) is 2. The molecule has 0 radical (unpaired) electrons. The minimum Gasteiger partial charge on any atom is -0.247 e. The second kappa shape index (κ2) is 11.8. The molecule has 0 amide bonds. The SMILES string of the molecule is CC(C)c1cccc(C(C)C)c1N=C(CC(=Nc1c(C(C)C)cccc1C(C)C)C(F)(F)F)C(F)(F)F. The van der Waals surface area contributed by atoms with E-state index in [0.29, 0.717) is 22.3 Å². The predicted octanol–water partition coefficient (Wildman–Crippen LogP) is 10.5. The normalized spacial score (nSPS) is 14.0. The van der Waals surface area contributed by atoms with E-state index in [1.54, 1.807) is 36.4 Å². The van der Waals surface area contributed by atoms with Gasteiger partial charge in [0.25, 0.3) is 0 Å². The summed E-state index contributed by atoms with van der Waals surface area (Å²) in [5.74, 6) is -0.688. The van der Waals surface area contributed by atoms with Crippen LogP contribution in [0.3, 0.4) is 0 Å². The van der Waals surface area contributed by atoms with Crippen LogP contribution in [0.15, 0.2) is 46.4 Å². The van der Waals surface area contributed by atoms with Crippen LogP contribution in [0.4, 0.5) is 37.7 Å². The maximum Gasteiger partial charge on any atom is 0.429 e. The van der Waals surface area contributed by atoms with E-state index >= 15 is 0 Å². The van der Waals surface area contributed by atoms with E-state index in [4.69, 9.17) is 0 Å². The monoisotopic (exact) mass is 526 g/mol. The molecule has 0 aromatic heterocycles. The summed E-state index contributed by atoms with van der Waals surface area (Å²) in [6.07, 6.45) is -11.6. The maximum absolute atomic E-state index is 14.2. The third-order valence-electron chi connectivity index (χ3n) is 6.17. The van der Waals surface area contributed by atoms with Crippen LogP contribution in [0.25, 0.3) is 0 Å². The molecule has 0 aliphatic rings. The van der Waals surface area contributed by atoms with Gasteiger partial charge in [-0.15, -0.1) is 0 Å². The summed E-state index contributed by atoms with van der Waals surface area (Å²) in [6, 6.07) is 10.1. The standard InChI is InChI=1S/C29H36F6N2/c1-16(2)20-11-9-12-21(17(3)4)26(20)36-24(28(30,31)32)15-25(29(33,34)35)37-27-22(18(5)6)13-10-14-23(27)19(7)8/h9-14,16-19H,15H2,1-8H3. The molecule has 0 aliphatic carbocycles. The van der Waals surface area contributed by atoms with Crippen LogP contribution in [-0.4, -0.2) is 23.8 Å². The van der Waals surface area contributed by atoms with E-state index in [9.17, 15) is 26.3 Å². The van der Waals surface area contributed by atoms with Crippen molar-refractivity contribution in [3.63, 3.8) is 0 Å². The molecule has 0 saturated heterocycles. The van der Waals surface area contributed by atoms with Crippen LogP contribution in [0.2, 0.25) is 0 Å². The van der Waals surface area contributed by atoms with Gasteiger partial charge in [-0.2, -0.15) is 26.3 Å². The molecule has 0 N–H and O–H groups in total. The Bertz CT molecular complexity index is 994. The largest absolute Gasteiger partial charge is 0.429 e. The Balaban J connectivity index is 2.84. The molecule has 37 heavy (non-hydrogen) atoms. The third kappa shape index (κ3) is 7.68. The van der Waals surface area contributed by atoms with Crippen LogP contribution >= 0.6 is 0 Å². The van der Waals surface area contributed by atoms with Crippen LogP contribution in [0, 0.1) is 0 Å². The van der Waals surface area contributed by atoms with E-state index < -0.39 is 30.2 Å². The van der Waals surface area contributed by atoms with Gasteiger partial charge in [0.05, 0.1) is 11.4 Å². The number of alkyl halides is 6. The summed E-state index contributed by atoms with van der Waals surface area (Å²) >= 11 is 0. The lowest BCUT2D eigenvalue weighted by Gasteiger charge is -2.21. The number of hydrogen-bond acceptors (Lipinski definition) is 2. The van der Waals surface area contributed by atoms with Crippen molar-refractivity contribution in [2.45, 2.75) is 97.8 Å². The molecule has 2 nitrogen and oxygen atoms in total. The van der Waals surface area contributed by atoms with Gasteiger partial charge < -0.3 is 0 Å². The number of para-hydroxylation sites is 2. The van der Waals surface area contributed by atoms with E-state index in [0.717, 1.165) is 0 Å². The Morgan fingerprint density at radius 2 is 0.784 bits per heavy atom. The van der Waals surface area contributed by atoms with Crippen LogP contribution in [-0.2, 0) is 0 Å². The molecule has 2 aromatic rings. The Hall–Kier alpha value is -2.64. The van der Waals surface area contributed by atoms with Gasteiger partial charge >= 0.3 is 12.4 Å². The fourth-order valence-electron chi connectivity index (χ4n) is 4.12. The topological polar surface area (TPSA) is 24.7 Å². The van der Waals surface area contributed by atoms with E-state index in [1.807, 2.05) is 55.4 Å². The van der Waals surface area contributed by atoms with Crippen LogP contribution in [0.5, 0.6) is 0 Å². The van der Waals surface area contributed by atoms with Crippen molar-refractivity contribution in [1.82, 2.24) is 0 Å². The lowest BCUT2D eigenvalue weighted by Crippen LogP contribution is -2.32. The molecular formula is C29H36F6N2. The van der Waals surface area contributed by atoms with Crippen molar-refractivity contribution in [2.24, 2.45) is 9.98 Å². The summed E-state index contributed by atoms with van der Waals surface area (Å²) in [6.45, 7) is 14.5. The van der Waals surface area contributed by atoms with Crippen molar-refractivity contribution in [3.05, 3.63) is 58.7 Å². The zero-order valence-corrected chi connectivity index (χ0v) is 22.6. The van der Waals surface area contributed by atoms with Gasteiger partial charge in [0.15, 0.2) is 0 Å². The quantitative estimate of drug-likeness (QED) is 0.241. The van der Waals surface area contributed by atoms with Gasteiger partial charge in [-0.3, -0.25) is 0 Å². The summed E-state index contributed by atoms with van der Waals surface area (Å²) in [5.41, 5.74) is -0.704. The van der Waals surface area contributed by atoms with Gasteiger partial charge in [0.1, 0.15) is 11.4 Å². The molecule has 0 saturated carbocycles. The summed E-state index contributed by atoms with van der Waals surface area (Å²) in [4.78, 5) is 7.79. The van der Waals surface area contributed by atoms with Gasteiger partial charge in [0.2, 0.25) is 0 Å². The molecule has 0 unspecified atom stereocenters. The molecule has 2 aromatic carbocycles. The Morgan fingerprint density at radius 3 is 0.973 bits per heavy atom.